The molecule has 0 spiro atoms. The van der Waals surface area contributed by atoms with Crippen molar-refractivity contribution in [3.05, 3.63) is 29.6 Å². The highest BCUT2D eigenvalue weighted by molar-refractivity contribution is 9.10. The summed E-state index contributed by atoms with van der Waals surface area (Å²) < 4.78 is 39.6. The quantitative estimate of drug-likeness (QED) is 0.577. The van der Waals surface area contributed by atoms with Gasteiger partial charge < -0.3 is 4.90 Å². The van der Waals surface area contributed by atoms with Gasteiger partial charge >= 0.3 is 0 Å². The SMILES string of the molecule is O=C1C(Br)CCCN1c1cc(F)cc(F)c1F. The number of halogens is 4. The first-order valence-corrected chi connectivity index (χ1v) is 6.02. The maximum atomic E-state index is 13.5. The van der Waals surface area contributed by atoms with Crippen LogP contribution in [0.1, 0.15) is 12.8 Å². The van der Waals surface area contributed by atoms with Crippen molar-refractivity contribution in [1.82, 2.24) is 0 Å². The summed E-state index contributed by atoms with van der Waals surface area (Å²) in [6, 6.07) is 1.29. The van der Waals surface area contributed by atoms with E-state index < -0.39 is 22.3 Å². The largest absolute Gasteiger partial charge is 0.309 e. The molecule has 1 aromatic carbocycles. The lowest BCUT2D eigenvalue weighted by Gasteiger charge is -2.30. The van der Waals surface area contributed by atoms with Crippen LogP contribution in [0.5, 0.6) is 0 Å². The number of carbonyl (C=O) groups excluding carboxylic acids is 1. The minimum absolute atomic E-state index is 0.265. The molecule has 1 saturated heterocycles. The predicted octanol–water partition coefficient (Wildman–Crippen LogP) is 2.99. The van der Waals surface area contributed by atoms with Gasteiger partial charge in [-0.2, -0.15) is 0 Å². The van der Waals surface area contributed by atoms with E-state index in [1.54, 1.807) is 0 Å². The number of hydrogen-bond acceptors (Lipinski definition) is 1. The zero-order chi connectivity index (χ0) is 12.6. The summed E-state index contributed by atoms with van der Waals surface area (Å²) in [5, 5.41) is 0. The lowest BCUT2D eigenvalue weighted by Crippen LogP contribution is -2.42. The number of benzene rings is 1. The van der Waals surface area contributed by atoms with Crippen LogP contribution >= 0.6 is 15.9 Å². The number of alkyl halides is 1. The first-order chi connectivity index (χ1) is 8.00. The standard InChI is InChI=1S/C11H9BrF3NO/c12-7-2-1-3-16(11(7)17)9-5-6(13)4-8(14)10(9)15/h4-5,7H,1-3H2. The van der Waals surface area contributed by atoms with Gasteiger partial charge in [0, 0.05) is 18.7 Å². The second-order valence-corrected chi connectivity index (χ2v) is 4.93. The molecular weight excluding hydrogens is 299 g/mol. The predicted molar refractivity (Wildman–Crippen MR) is 60.6 cm³/mol. The second-order valence-electron chi connectivity index (χ2n) is 3.82. The number of amides is 1. The molecule has 0 bridgehead atoms. The van der Waals surface area contributed by atoms with Crippen molar-refractivity contribution in [3.63, 3.8) is 0 Å². The molecule has 0 aromatic heterocycles. The first-order valence-electron chi connectivity index (χ1n) is 5.10. The monoisotopic (exact) mass is 307 g/mol. The fourth-order valence-electron chi connectivity index (χ4n) is 1.81. The number of rotatable bonds is 1. The van der Waals surface area contributed by atoms with Gasteiger partial charge in [0.15, 0.2) is 11.6 Å². The molecule has 1 aromatic rings. The fraction of sp³-hybridized carbons (Fsp3) is 0.364. The highest BCUT2D eigenvalue weighted by Crippen LogP contribution is 2.28. The lowest BCUT2D eigenvalue weighted by atomic mass is 10.1. The van der Waals surface area contributed by atoms with E-state index in [4.69, 9.17) is 0 Å². The Balaban J connectivity index is 2.42. The molecule has 1 unspecified atom stereocenters. The zero-order valence-electron chi connectivity index (χ0n) is 8.72. The Labute approximate surface area is 105 Å². The average Bonchev–Trinajstić information content (AvgIpc) is 2.27. The van der Waals surface area contributed by atoms with E-state index in [1.807, 2.05) is 0 Å². The van der Waals surface area contributed by atoms with E-state index >= 15 is 0 Å². The topological polar surface area (TPSA) is 20.3 Å². The fourth-order valence-corrected chi connectivity index (χ4v) is 2.38. The van der Waals surface area contributed by atoms with Gasteiger partial charge in [-0.15, -0.1) is 0 Å². The molecule has 0 radical (unpaired) electrons. The van der Waals surface area contributed by atoms with E-state index in [2.05, 4.69) is 15.9 Å². The number of nitrogens with zero attached hydrogens (tertiary/aromatic N) is 1. The second kappa shape index (κ2) is 4.68. The third kappa shape index (κ3) is 2.31. The van der Waals surface area contributed by atoms with E-state index in [1.165, 1.54) is 0 Å². The molecule has 1 aliphatic heterocycles. The molecule has 17 heavy (non-hydrogen) atoms. The highest BCUT2D eigenvalue weighted by atomic mass is 79.9. The Hall–Kier alpha value is -1.04. The van der Waals surface area contributed by atoms with Gasteiger partial charge in [-0.05, 0) is 12.8 Å². The Morgan fingerprint density at radius 2 is 2.00 bits per heavy atom. The maximum Gasteiger partial charge on any atom is 0.240 e. The molecule has 1 heterocycles. The number of anilines is 1. The summed E-state index contributed by atoms with van der Waals surface area (Å²) in [4.78, 5) is 12.4. The van der Waals surface area contributed by atoms with Crippen molar-refractivity contribution in [2.24, 2.45) is 0 Å². The van der Waals surface area contributed by atoms with Gasteiger partial charge in [0.1, 0.15) is 5.82 Å². The molecule has 2 rings (SSSR count). The van der Waals surface area contributed by atoms with Gasteiger partial charge in [0.25, 0.3) is 0 Å². The van der Waals surface area contributed by atoms with Crippen molar-refractivity contribution in [1.29, 1.82) is 0 Å². The molecule has 1 atom stereocenters. The van der Waals surface area contributed by atoms with Crippen LogP contribution in [-0.4, -0.2) is 17.3 Å². The van der Waals surface area contributed by atoms with Crippen LogP contribution in [0.25, 0.3) is 0 Å². The molecule has 6 heteroatoms. The number of carbonyl (C=O) groups is 1. The van der Waals surface area contributed by atoms with Crippen LogP contribution in [0.4, 0.5) is 18.9 Å². The van der Waals surface area contributed by atoms with Crippen LogP contribution in [0.3, 0.4) is 0 Å². The Morgan fingerprint density at radius 1 is 1.29 bits per heavy atom. The molecule has 0 aliphatic carbocycles. The molecule has 92 valence electrons. The van der Waals surface area contributed by atoms with Crippen molar-refractivity contribution in [2.75, 3.05) is 11.4 Å². The third-order valence-electron chi connectivity index (χ3n) is 2.64. The van der Waals surface area contributed by atoms with Crippen LogP contribution < -0.4 is 4.90 Å². The Kier molecular flexibility index (Phi) is 3.42. The number of hydrogen-bond donors (Lipinski definition) is 0. The minimum Gasteiger partial charge on any atom is -0.309 e. The zero-order valence-corrected chi connectivity index (χ0v) is 10.3. The lowest BCUT2D eigenvalue weighted by molar-refractivity contribution is -0.118. The van der Waals surface area contributed by atoms with Gasteiger partial charge in [0.05, 0.1) is 10.5 Å². The smallest absolute Gasteiger partial charge is 0.240 e. The summed E-state index contributed by atoms with van der Waals surface area (Å²) in [6.07, 6.45) is 1.29. The highest BCUT2D eigenvalue weighted by Gasteiger charge is 2.30. The van der Waals surface area contributed by atoms with E-state index in [0.717, 1.165) is 11.0 Å². The number of piperidine rings is 1. The average molecular weight is 308 g/mol. The van der Waals surface area contributed by atoms with Crippen LogP contribution in [0, 0.1) is 17.5 Å². The summed E-state index contributed by atoms with van der Waals surface area (Å²) >= 11 is 3.15. The first kappa shape index (κ1) is 12.4. The van der Waals surface area contributed by atoms with E-state index in [-0.39, 0.29) is 18.1 Å². The normalized spacial score (nSPS) is 20.8. The van der Waals surface area contributed by atoms with E-state index in [0.29, 0.717) is 18.9 Å². The molecule has 2 nitrogen and oxygen atoms in total. The summed E-state index contributed by atoms with van der Waals surface area (Å²) in [5.41, 5.74) is -0.336. The Bertz CT molecular complexity index is 466. The van der Waals surface area contributed by atoms with Crippen LogP contribution in [-0.2, 0) is 4.79 Å². The minimum atomic E-state index is -1.29. The molecule has 0 saturated carbocycles. The summed E-state index contributed by atoms with van der Waals surface area (Å²) in [6.45, 7) is 0.265. The Morgan fingerprint density at radius 3 is 2.71 bits per heavy atom. The van der Waals surface area contributed by atoms with Gasteiger partial charge in [-0.25, -0.2) is 13.2 Å². The molecular formula is C11H9BrF3NO. The summed E-state index contributed by atoms with van der Waals surface area (Å²) in [5.74, 6) is -3.76. The maximum absolute atomic E-state index is 13.5. The van der Waals surface area contributed by atoms with Crippen molar-refractivity contribution in [3.8, 4) is 0 Å². The molecule has 0 N–H and O–H groups in total. The van der Waals surface area contributed by atoms with Crippen molar-refractivity contribution in [2.45, 2.75) is 17.7 Å². The molecule has 1 aliphatic rings. The van der Waals surface area contributed by atoms with Crippen LogP contribution in [0.15, 0.2) is 12.1 Å². The third-order valence-corrected chi connectivity index (χ3v) is 3.49. The van der Waals surface area contributed by atoms with E-state index in [9.17, 15) is 18.0 Å². The summed E-state index contributed by atoms with van der Waals surface area (Å²) in [7, 11) is 0. The van der Waals surface area contributed by atoms with Gasteiger partial charge in [-0.1, -0.05) is 15.9 Å². The van der Waals surface area contributed by atoms with Crippen LogP contribution in [0.2, 0.25) is 0 Å². The van der Waals surface area contributed by atoms with Crippen molar-refractivity contribution < 1.29 is 18.0 Å². The molecule has 1 fully saturated rings. The van der Waals surface area contributed by atoms with Gasteiger partial charge in [-0.3, -0.25) is 4.79 Å². The molecule has 1 amide bonds. The van der Waals surface area contributed by atoms with Gasteiger partial charge in [0.2, 0.25) is 5.91 Å². The van der Waals surface area contributed by atoms with Crippen molar-refractivity contribution >= 4 is 27.5 Å².